The zero-order valence-corrected chi connectivity index (χ0v) is 28.2. The van der Waals surface area contributed by atoms with E-state index in [9.17, 15) is 14.4 Å². The number of ether oxygens (including phenoxy) is 3. The van der Waals surface area contributed by atoms with Gasteiger partial charge in [0.1, 0.15) is 33.5 Å². The van der Waals surface area contributed by atoms with Crippen molar-refractivity contribution in [1.82, 2.24) is 25.5 Å². The molecule has 1 aliphatic heterocycles. The fraction of sp³-hybridized carbons (Fsp3) is 0.500. The highest BCUT2D eigenvalue weighted by Gasteiger charge is 2.61. The normalized spacial score (nSPS) is 22.6. The molecule has 3 amide bonds. The third-order valence-electron chi connectivity index (χ3n) is 8.51. The first-order valence-electron chi connectivity index (χ1n) is 16.0. The van der Waals surface area contributed by atoms with Crippen molar-refractivity contribution in [1.29, 1.82) is 0 Å². The van der Waals surface area contributed by atoms with Crippen molar-refractivity contribution >= 4 is 40.1 Å². The van der Waals surface area contributed by atoms with Gasteiger partial charge in [-0.2, -0.15) is 0 Å². The first kappa shape index (κ1) is 34.1. The largest absolute Gasteiger partial charge is 0.494 e. The molecule has 1 aromatic carbocycles. The van der Waals surface area contributed by atoms with Crippen LogP contribution in [0.4, 0.5) is 9.18 Å². The van der Waals surface area contributed by atoms with Gasteiger partial charge in [0.2, 0.25) is 5.91 Å². The summed E-state index contributed by atoms with van der Waals surface area (Å²) in [5.74, 6) is -1.25. The second-order valence-electron chi connectivity index (χ2n) is 12.2. The van der Waals surface area contributed by atoms with Crippen molar-refractivity contribution in [2.24, 2.45) is 5.92 Å². The second-order valence-corrected chi connectivity index (χ2v) is 13.1. The number of amides is 3. The number of aromatic nitrogens is 2. The van der Waals surface area contributed by atoms with Crippen LogP contribution in [0.3, 0.4) is 0 Å². The van der Waals surface area contributed by atoms with Crippen LogP contribution >= 0.6 is 11.3 Å². The number of pyridine rings is 1. The van der Waals surface area contributed by atoms with Crippen LogP contribution in [0.5, 0.6) is 11.5 Å². The molecule has 3 atom stereocenters. The van der Waals surface area contributed by atoms with E-state index in [2.05, 4.69) is 20.6 Å². The van der Waals surface area contributed by atoms with Gasteiger partial charge in [-0.15, -0.1) is 11.3 Å². The predicted octanol–water partition coefficient (Wildman–Crippen LogP) is 5.59. The molecule has 3 heterocycles. The molecule has 2 aliphatic rings. The van der Waals surface area contributed by atoms with Gasteiger partial charge in [-0.3, -0.25) is 4.79 Å². The molecule has 0 bridgehead atoms. The number of rotatable bonds is 9. The fourth-order valence-electron chi connectivity index (χ4n) is 5.57. The molecule has 0 saturated heterocycles. The number of nitrogens with zero attached hydrogens (tertiary/aromatic N) is 3. The van der Waals surface area contributed by atoms with E-state index >= 15 is 4.39 Å². The van der Waals surface area contributed by atoms with Gasteiger partial charge in [0.05, 0.1) is 26.0 Å². The lowest BCUT2D eigenvalue weighted by atomic mass is 10.1. The van der Waals surface area contributed by atoms with Crippen LogP contribution in [0.2, 0.25) is 0 Å². The summed E-state index contributed by atoms with van der Waals surface area (Å²) in [7, 11) is 3.06. The third-order valence-corrected chi connectivity index (χ3v) is 9.39. The highest BCUT2D eigenvalue weighted by atomic mass is 32.1. The number of carbonyl (C=O) groups is 3. The van der Waals surface area contributed by atoms with Crippen molar-refractivity contribution in [3.05, 3.63) is 47.2 Å². The maximum atomic E-state index is 15.5. The molecular formula is C34H42FN5O6S. The van der Waals surface area contributed by atoms with Crippen LogP contribution in [0.15, 0.2) is 35.7 Å². The minimum absolute atomic E-state index is 0.0147. The molecular weight excluding hydrogens is 625 g/mol. The summed E-state index contributed by atoms with van der Waals surface area (Å²) < 4.78 is 32.2. The van der Waals surface area contributed by atoms with Crippen LogP contribution in [0, 0.1) is 11.7 Å². The van der Waals surface area contributed by atoms with Crippen LogP contribution in [0.1, 0.15) is 64.5 Å². The Kier molecular flexibility index (Phi) is 10.6. The number of allylic oxidation sites excluding steroid dienone is 1. The van der Waals surface area contributed by atoms with E-state index in [-0.39, 0.29) is 42.7 Å². The summed E-state index contributed by atoms with van der Waals surface area (Å²) in [4.78, 5) is 50.7. The molecule has 1 saturated carbocycles. The van der Waals surface area contributed by atoms with Gasteiger partial charge < -0.3 is 29.7 Å². The average molecular weight is 668 g/mol. The molecule has 13 heteroatoms. The SMILES string of the molecule is CCOC(=O)[C@@]12C[C@H]1/C=C\CCCCN(C)C(=O)N[C@@H](CCOc1cc(-c3nc(C(C)C)cs3)nc3c(F)c(OC)ccc13)C(=O)N2. The summed E-state index contributed by atoms with van der Waals surface area (Å²) in [6, 6.07) is 3.43. The lowest BCUT2D eigenvalue weighted by Crippen LogP contribution is -2.56. The molecule has 1 aliphatic carbocycles. The molecule has 5 rings (SSSR count). The van der Waals surface area contributed by atoms with E-state index in [0.717, 1.165) is 25.0 Å². The van der Waals surface area contributed by atoms with Crippen molar-refractivity contribution in [3.63, 3.8) is 0 Å². The van der Waals surface area contributed by atoms with Gasteiger partial charge in [0, 0.05) is 42.8 Å². The van der Waals surface area contributed by atoms with E-state index < -0.39 is 35.3 Å². The quantitative estimate of drug-likeness (QED) is 0.223. The molecule has 252 valence electrons. The van der Waals surface area contributed by atoms with Crippen molar-refractivity contribution in [3.8, 4) is 22.2 Å². The molecule has 3 aromatic rings. The zero-order valence-electron chi connectivity index (χ0n) is 27.4. The van der Waals surface area contributed by atoms with Gasteiger partial charge in [-0.1, -0.05) is 26.0 Å². The van der Waals surface area contributed by atoms with E-state index in [1.165, 1.54) is 29.4 Å². The lowest BCUT2D eigenvalue weighted by Gasteiger charge is -2.26. The summed E-state index contributed by atoms with van der Waals surface area (Å²) in [6.45, 7) is 6.49. The van der Waals surface area contributed by atoms with Crippen LogP contribution < -0.4 is 20.1 Å². The highest BCUT2D eigenvalue weighted by molar-refractivity contribution is 7.13. The molecule has 1 fully saturated rings. The Bertz CT molecular complexity index is 1660. The highest BCUT2D eigenvalue weighted by Crippen LogP contribution is 2.46. The average Bonchev–Trinajstić information content (AvgIpc) is 3.50. The van der Waals surface area contributed by atoms with Crippen LogP contribution in [-0.2, 0) is 14.3 Å². The van der Waals surface area contributed by atoms with E-state index in [1.54, 1.807) is 26.1 Å². The van der Waals surface area contributed by atoms with Crippen LogP contribution in [0.25, 0.3) is 21.6 Å². The minimum Gasteiger partial charge on any atom is -0.494 e. The molecule has 0 spiro atoms. The number of benzene rings is 1. The van der Waals surface area contributed by atoms with Gasteiger partial charge in [-0.25, -0.2) is 23.9 Å². The lowest BCUT2D eigenvalue weighted by molar-refractivity contribution is -0.149. The Morgan fingerprint density at radius 2 is 2.02 bits per heavy atom. The smallest absolute Gasteiger partial charge is 0.332 e. The van der Waals surface area contributed by atoms with Gasteiger partial charge in [0.25, 0.3) is 0 Å². The number of esters is 1. The monoisotopic (exact) mass is 667 g/mol. The number of hydrogen-bond acceptors (Lipinski definition) is 9. The molecule has 11 nitrogen and oxygen atoms in total. The minimum atomic E-state index is -1.18. The predicted molar refractivity (Wildman–Crippen MR) is 177 cm³/mol. The zero-order chi connectivity index (χ0) is 33.7. The summed E-state index contributed by atoms with van der Waals surface area (Å²) in [5.41, 5.74) is 0.216. The Hall–Kier alpha value is -4.26. The number of hydrogen-bond donors (Lipinski definition) is 2. The Morgan fingerprint density at radius 1 is 1.21 bits per heavy atom. The summed E-state index contributed by atoms with van der Waals surface area (Å²) in [6.07, 6.45) is 6.95. The first-order valence-corrected chi connectivity index (χ1v) is 16.9. The molecule has 0 unspecified atom stereocenters. The number of methoxy groups -OCH3 is 1. The molecule has 2 N–H and O–H groups in total. The summed E-state index contributed by atoms with van der Waals surface area (Å²) in [5, 5.41) is 8.70. The number of halogens is 1. The van der Waals surface area contributed by atoms with Crippen LogP contribution in [-0.4, -0.2) is 78.3 Å². The second kappa shape index (κ2) is 14.7. The van der Waals surface area contributed by atoms with Gasteiger partial charge in [-0.05, 0) is 50.7 Å². The fourth-order valence-corrected chi connectivity index (χ4v) is 6.51. The maximum Gasteiger partial charge on any atom is 0.332 e. The number of thiazole rings is 1. The Labute approximate surface area is 277 Å². The van der Waals surface area contributed by atoms with Crippen molar-refractivity contribution < 1.29 is 33.0 Å². The Balaban J connectivity index is 1.42. The summed E-state index contributed by atoms with van der Waals surface area (Å²) >= 11 is 1.40. The van der Waals surface area contributed by atoms with Crippen molar-refractivity contribution in [2.45, 2.75) is 70.4 Å². The maximum absolute atomic E-state index is 15.5. The first-order chi connectivity index (χ1) is 22.6. The third kappa shape index (κ3) is 7.50. The standard InChI is InChI=1S/C34H42FN5O6S/c1-6-45-32(42)34-18-21(34)11-9-7-8-10-15-40(4)33(43)38-23(30(41)39-34)14-16-46-27-17-24(31-37-25(19-47-31)20(2)3)36-29-22(27)12-13-26(44-5)28(29)35/h9,11-13,17,19-21,23H,6-8,10,14-16,18H2,1-5H3,(H,38,43)(H,39,41)/b11-9-/t21-,23+,34-/m1/s1. The molecule has 2 aromatic heterocycles. The molecule has 0 radical (unpaired) electrons. The van der Waals surface area contributed by atoms with E-state index in [1.807, 2.05) is 31.4 Å². The number of carbonyl (C=O) groups excluding carboxylic acids is 3. The van der Waals surface area contributed by atoms with E-state index in [4.69, 9.17) is 14.2 Å². The van der Waals surface area contributed by atoms with E-state index in [0.29, 0.717) is 34.8 Å². The Morgan fingerprint density at radius 3 is 2.74 bits per heavy atom. The van der Waals surface area contributed by atoms with Crippen molar-refractivity contribution in [2.75, 3.05) is 33.9 Å². The van der Waals surface area contributed by atoms with Gasteiger partial charge in [0.15, 0.2) is 11.6 Å². The number of urea groups is 1. The topological polar surface area (TPSA) is 132 Å². The molecule has 47 heavy (non-hydrogen) atoms. The number of fused-ring (bicyclic) bond motifs is 2. The number of nitrogens with one attached hydrogen (secondary N) is 2. The van der Waals surface area contributed by atoms with Gasteiger partial charge >= 0.3 is 12.0 Å².